The SMILES string of the molecule is CC(C)Oc1cccc(NC(=O)[C@@H](C)Oc2ccccc2)c1. The summed E-state index contributed by atoms with van der Waals surface area (Å²) in [5.41, 5.74) is 0.687. The van der Waals surface area contributed by atoms with Gasteiger partial charge in [-0.25, -0.2) is 0 Å². The van der Waals surface area contributed by atoms with Gasteiger partial charge < -0.3 is 14.8 Å². The summed E-state index contributed by atoms with van der Waals surface area (Å²) in [6.45, 7) is 5.64. The first kappa shape index (κ1) is 15.9. The van der Waals surface area contributed by atoms with E-state index in [1.165, 1.54) is 0 Å². The summed E-state index contributed by atoms with van der Waals surface area (Å²) in [4.78, 5) is 12.2. The highest BCUT2D eigenvalue weighted by Gasteiger charge is 2.15. The van der Waals surface area contributed by atoms with Gasteiger partial charge in [0.15, 0.2) is 6.10 Å². The maximum Gasteiger partial charge on any atom is 0.265 e. The van der Waals surface area contributed by atoms with Gasteiger partial charge in [0.2, 0.25) is 0 Å². The first-order valence-corrected chi connectivity index (χ1v) is 7.34. The predicted octanol–water partition coefficient (Wildman–Crippen LogP) is 3.88. The van der Waals surface area contributed by atoms with Crippen molar-refractivity contribution in [2.24, 2.45) is 0 Å². The molecule has 22 heavy (non-hydrogen) atoms. The molecule has 0 aromatic heterocycles. The Morgan fingerprint density at radius 1 is 0.909 bits per heavy atom. The Bertz CT molecular complexity index is 611. The van der Waals surface area contributed by atoms with Crippen molar-refractivity contribution in [3.05, 3.63) is 54.6 Å². The van der Waals surface area contributed by atoms with Gasteiger partial charge in [-0.1, -0.05) is 24.3 Å². The first-order chi connectivity index (χ1) is 10.5. The quantitative estimate of drug-likeness (QED) is 0.880. The standard InChI is InChI=1S/C18H21NO3/c1-13(2)21-17-11-7-8-15(12-17)19-18(20)14(3)22-16-9-5-4-6-10-16/h4-14H,1-3H3,(H,19,20)/t14-/m1/s1. The Kier molecular flexibility index (Phi) is 5.42. The summed E-state index contributed by atoms with van der Waals surface area (Å²) in [5, 5.41) is 2.83. The molecule has 0 saturated heterocycles. The summed E-state index contributed by atoms with van der Waals surface area (Å²) >= 11 is 0. The van der Waals surface area contributed by atoms with Gasteiger partial charge in [-0.05, 0) is 45.0 Å². The fourth-order valence-corrected chi connectivity index (χ4v) is 1.92. The molecule has 2 aromatic rings. The molecular weight excluding hydrogens is 278 g/mol. The van der Waals surface area contributed by atoms with Crippen LogP contribution in [0.3, 0.4) is 0 Å². The van der Waals surface area contributed by atoms with Crippen LogP contribution in [0.5, 0.6) is 11.5 Å². The predicted molar refractivity (Wildman–Crippen MR) is 87.4 cm³/mol. The third-order valence-corrected chi connectivity index (χ3v) is 2.90. The molecule has 0 bridgehead atoms. The Morgan fingerprint density at radius 3 is 2.27 bits per heavy atom. The molecule has 2 rings (SSSR count). The lowest BCUT2D eigenvalue weighted by Crippen LogP contribution is -2.30. The molecule has 0 aliphatic heterocycles. The van der Waals surface area contributed by atoms with E-state index in [1.807, 2.05) is 62.4 Å². The minimum atomic E-state index is -0.586. The highest BCUT2D eigenvalue weighted by Crippen LogP contribution is 2.19. The highest BCUT2D eigenvalue weighted by atomic mass is 16.5. The van der Waals surface area contributed by atoms with Crippen LogP contribution in [-0.4, -0.2) is 18.1 Å². The van der Waals surface area contributed by atoms with Crippen molar-refractivity contribution >= 4 is 11.6 Å². The first-order valence-electron chi connectivity index (χ1n) is 7.34. The van der Waals surface area contributed by atoms with Gasteiger partial charge in [0.05, 0.1) is 6.10 Å². The lowest BCUT2D eigenvalue weighted by atomic mass is 10.2. The Balaban J connectivity index is 1.96. The van der Waals surface area contributed by atoms with E-state index >= 15 is 0 Å². The van der Waals surface area contributed by atoms with Crippen LogP contribution < -0.4 is 14.8 Å². The van der Waals surface area contributed by atoms with Crippen LogP contribution in [0.1, 0.15) is 20.8 Å². The van der Waals surface area contributed by atoms with Crippen molar-refractivity contribution in [3.63, 3.8) is 0 Å². The van der Waals surface area contributed by atoms with E-state index in [9.17, 15) is 4.79 Å². The van der Waals surface area contributed by atoms with E-state index in [0.29, 0.717) is 11.4 Å². The summed E-state index contributed by atoms with van der Waals surface area (Å²) in [7, 11) is 0. The van der Waals surface area contributed by atoms with Gasteiger partial charge >= 0.3 is 0 Å². The lowest BCUT2D eigenvalue weighted by molar-refractivity contribution is -0.122. The lowest BCUT2D eigenvalue weighted by Gasteiger charge is -2.15. The third kappa shape index (κ3) is 4.81. The number of benzene rings is 2. The zero-order chi connectivity index (χ0) is 15.9. The molecule has 1 atom stereocenters. The second kappa shape index (κ2) is 7.50. The maximum absolute atomic E-state index is 12.2. The van der Waals surface area contributed by atoms with Crippen molar-refractivity contribution in [1.29, 1.82) is 0 Å². The van der Waals surface area contributed by atoms with E-state index in [4.69, 9.17) is 9.47 Å². The number of hydrogen-bond acceptors (Lipinski definition) is 3. The number of rotatable bonds is 6. The van der Waals surface area contributed by atoms with E-state index < -0.39 is 6.10 Å². The summed E-state index contributed by atoms with van der Waals surface area (Å²) < 4.78 is 11.2. The molecule has 0 unspecified atom stereocenters. The van der Waals surface area contributed by atoms with Crippen LogP contribution in [0.2, 0.25) is 0 Å². The third-order valence-electron chi connectivity index (χ3n) is 2.90. The molecule has 4 nitrogen and oxygen atoms in total. The number of ether oxygens (including phenoxy) is 2. The molecule has 1 N–H and O–H groups in total. The molecule has 0 aliphatic carbocycles. The van der Waals surface area contributed by atoms with Crippen molar-refractivity contribution in [2.45, 2.75) is 33.0 Å². The Labute approximate surface area is 131 Å². The summed E-state index contributed by atoms with van der Waals surface area (Å²) in [6, 6.07) is 16.6. The normalized spacial score (nSPS) is 11.8. The van der Waals surface area contributed by atoms with E-state index in [1.54, 1.807) is 13.0 Å². The molecule has 0 radical (unpaired) electrons. The van der Waals surface area contributed by atoms with Crippen LogP contribution in [0.15, 0.2) is 54.6 Å². The Morgan fingerprint density at radius 2 is 1.59 bits per heavy atom. The topological polar surface area (TPSA) is 47.6 Å². The van der Waals surface area contributed by atoms with Gasteiger partial charge in [0.25, 0.3) is 5.91 Å². The molecule has 2 aromatic carbocycles. The average molecular weight is 299 g/mol. The molecule has 116 valence electrons. The smallest absolute Gasteiger partial charge is 0.265 e. The van der Waals surface area contributed by atoms with Crippen molar-refractivity contribution < 1.29 is 14.3 Å². The van der Waals surface area contributed by atoms with Crippen molar-refractivity contribution in [2.75, 3.05) is 5.32 Å². The molecular formula is C18H21NO3. The monoisotopic (exact) mass is 299 g/mol. The average Bonchev–Trinajstić information content (AvgIpc) is 2.48. The zero-order valence-electron chi connectivity index (χ0n) is 13.1. The van der Waals surface area contributed by atoms with Crippen LogP contribution in [0.25, 0.3) is 0 Å². The van der Waals surface area contributed by atoms with E-state index in [2.05, 4.69) is 5.32 Å². The van der Waals surface area contributed by atoms with Gasteiger partial charge in [-0.15, -0.1) is 0 Å². The molecule has 0 heterocycles. The van der Waals surface area contributed by atoms with Gasteiger partial charge in [0, 0.05) is 11.8 Å². The summed E-state index contributed by atoms with van der Waals surface area (Å²) in [5.74, 6) is 1.19. The number of carbonyl (C=O) groups is 1. The van der Waals surface area contributed by atoms with Gasteiger partial charge in [-0.3, -0.25) is 4.79 Å². The fourth-order valence-electron chi connectivity index (χ4n) is 1.92. The van der Waals surface area contributed by atoms with Crippen molar-refractivity contribution in [1.82, 2.24) is 0 Å². The molecule has 4 heteroatoms. The number of nitrogens with one attached hydrogen (secondary N) is 1. The molecule has 0 fully saturated rings. The van der Waals surface area contributed by atoms with E-state index in [-0.39, 0.29) is 12.0 Å². The minimum absolute atomic E-state index is 0.0892. The number of anilines is 1. The maximum atomic E-state index is 12.2. The minimum Gasteiger partial charge on any atom is -0.491 e. The Hall–Kier alpha value is -2.49. The zero-order valence-corrected chi connectivity index (χ0v) is 13.1. The number of para-hydroxylation sites is 1. The molecule has 0 aliphatic rings. The molecule has 0 spiro atoms. The van der Waals surface area contributed by atoms with Crippen LogP contribution in [-0.2, 0) is 4.79 Å². The van der Waals surface area contributed by atoms with Gasteiger partial charge in [0.1, 0.15) is 11.5 Å². The summed E-state index contributed by atoms with van der Waals surface area (Å²) in [6.07, 6.45) is -0.497. The van der Waals surface area contributed by atoms with Crippen LogP contribution in [0.4, 0.5) is 5.69 Å². The van der Waals surface area contributed by atoms with Gasteiger partial charge in [-0.2, -0.15) is 0 Å². The molecule has 0 saturated carbocycles. The largest absolute Gasteiger partial charge is 0.491 e. The second-order valence-corrected chi connectivity index (χ2v) is 5.26. The molecule has 1 amide bonds. The number of amides is 1. The van der Waals surface area contributed by atoms with E-state index in [0.717, 1.165) is 5.75 Å². The highest BCUT2D eigenvalue weighted by molar-refractivity contribution is 5.94. The fraction of sp³-hybridized carbons (Fsp3) is 0.278. The number of carbonyl (C=O) groups excluding carboxylic acids is 1. The number of hydrogen-bond donors (Lipinski definition) is 1. The van der Waals surface area contributed by atoms with Crippen molar-refractivity contribution in [3.8, 4) is 11.5 Å². The van der Waals surface area contributed by atoms with Crippen LogP contribution >= 0.6 is 0 Å². The second-order valence-electron chi connectivity index (χ2n) is 5.26. The van der Waals surface area contributed by atoms with Crippen LogP contribution in [0, 0.1) is 0 Å².